The number of fused-ring (bicyclic) bond motifs is 1. The molecule has 0 spiro atoms. The van der Waals surface area contributed by atoms with Crippen LogP contribution in [0.25, 0.3) is 22.0 Å². The van der Waals surface area contributed by atoms with Gasteiger partial charge in [0.1, 0.15) is 11.8 Å². The number of carbonyl (C=O) groups is 1. The SMILES string of the molecule is Cc1cc([C@@H](C)Nc2ccccc2C(=O)O)c2cc(-c3cccnc3)c(C#N)nc2c1. The number of carboxylic acid groups (broad SMARTS) is 1. The molecule has 2 heterocycles. The topological polar surface area (TPSA) is 98.9 Å². The maximum absolute atomic E-state index is 11.6. The van der Waals surface area contributed by atoms with Crippen LogP contribution in [0.15, 0.2) is 67.0 Å². The number of aryl methyl sites for hydroxylation is 1. The first-order valence-corrected chi connectivity index (χ1v) is 9.82. The van der Waals surface area contributed by atoms with Crippen molar-refractivity contribution >= 4 is 22.6 Å². The minimum absolute atomic E-state index is 0.195. The number of aromatic nitrogens is 2. The largest absolute Gasteiger partial charge is 0.478 e. The van der Waals surface area contributed by atoms with Crippen LogP contribution in [-0.4, -0.2) is 21.0 Å². The second-order valence-electron chi connectivity index (χ2n) is 7.38. The van der Waals surface area contributed by atoms with Crippen molar-refractivity contribution in [2.24, 2.45) is 0 Å². The molecule has 0 aliphatic carbocycles. The van der Waals surface area contributed by atoms with E-state index in [1.807, 2.05) is 38.1 Å². The average Bonchev–Trinajstić information content (AvgIpc) is 2.78. The summed E-state index contributed by atoms with van der Waals surface area (Å²) in [5.74, 6) is -0.983. The van der Waals surface area contributed by atoms with E-state index in [-0.39, 0.29) is 11.6 Å². The van der Waals surface area contributed by atoms with Crippen LogP contribution in [-0.2, 0) is 0 Å². The van der Waals surface area contributed by atoms with Gasteiger partial charge in [0.2, 0.25) is 0 Å². The van der Waals surface area contributed by atoms with Crippen molar-refractivity contribution in [3.8, 4) is 17.2 Å². The highest BCUT2D eigenvalue weighted by Crippen LogP contribution is 2.33. The molecule has 152 valence electrons. The van der Waals surface area contributed by atoms with Gasteiger partial charge in [0, 0.05) is 40.6 Å². The maximum Gasteiger partial charge on any atom is 0.337 e. The van der Waals surface area contributed by atoms with Crippen molar-refractivity contribution in [2.75, 3.05) is 5.32 Å². The Labute approximate surface area is 179 Å². The van der Waals surface area contributed by atoms with Gasteiger partial charge in [0.05, 0.1) is 11.1 Å². The summed E-state index contributed by atoms with van der Waals surface area (Å²) in [7, 11) is 0. The Balaban J connectivity index is 1.86. The summed E-state index contributed by atoms with van der Waals surface area (Å²) in [6.45, 7) is 3.96. The number of rotatable bonds is 5. The molecule has 2 aromatic carbocycles. The minimum Gasteiger partial charge on any atom is -0.478 e. The van der Waals surface area contributed by atoms with Gasteiger partial charge in [-0.2, -0.15) is 5.26 Å². The number of nitrogens with zero attached hydrogens (tertiary/aromatic N) is 3. The predicted molar refractivity (Wildman–Crippen MR) is 120 cm³/mol. The zero-order valence-electron chi connectivity index (χ0n) is 17.1. The molecular formula is C25H20N4O2. The van der Waals surface area contributed by atoms with E-state index in [2.05, 4.69) is 27.4 Å². The number of hydrogen-bond donors (Lipinski definition) is 2. The highest BCUT2D eigenvalue weighted by atomic mass is 16.4. The lowest BCUT2D eigenvalue weighted by Crippen LogP contribution is -2.11. The van der Waals surface area contributed by atoms with Crippen molar-refractivity contribution in [1.29, 1.82) is 5.26 Å². The van der Waals surface area contributed by atoms with Gasteiger partial charge < -0.3 is 10.4 Å². The molecule has 6 heteroatoms. The lowest BCUT2D eigenvalue weighted by Gasteiger charge is -2.20. The fourth-order valence-electron chi connectivity index (χ4n) is 3.74. The molecule has 0 fully saturated rings. The third kappa shape index (κ3) is 3.94. The number of para-hydroxylation sites is 1. The second-order valence-corrected chi connectivity index (χ2v) is 7.38. The summed E-state index contributed by atoms with van der Waals surface area (Å²) in [4.78, 5) is 20.4. The summed E-state index contributed by atoms with van der Waals surface area (Å²) in [5.41, 5.74) is 5.33. The molecule has 1 atom stereocenters. The molecule has 0 aliphatic rings. The zero-order valence-corrected chi connectivity index (χ0v) is 17.1. The number of nitriles is 1. The Hall–Kier alpha value is -4.24. The Bertz CT molecular complexity index is 1330. The molecule has 0 bridgehead atoms. The van der Waals surface area contributed by atoms with Crippen molar-refractivity contribution in [3.63, 3.8) is 0 Å². The lowest BCUT2D eigenvalue weighted by atomic mass is 9.95. The molecule has 0 saturated heterocycles. The van der Waals surface area contributed by atoms with Crippen LogP contribution < -0.4 is 5.32 Å². The average molecular weight is 408 g/mol. The number of pyridine rings is 2. The molecule has 0 unspecified atom stereocenters. The number of carboxylic acids is 1. The number of anilines is 1. The van der Waals surface area contributed by atoms with Crippen LogP contribution in [0.3, 0.4) is 0 Å². The normalized spacial score (nSPS) is 11.6. The van der Waals surface area contributed by atoms with Gasteiger partial charge in [0.25, 0.3) is 0 Å². The number of hydrogen-bond acceptors (Lipinski definition) is 5. The quantitative estimate of drug-likeness (QED) is 0.462. The monoisotopic (exact) mass is 408 g/mol. The molecule has 0 radical (unpaired) electrons. The van der Waals surface area contributed by atoms with Gasteiger partial charge >= 0.3 is 5.97 Å². The first-order chi connectivity index (χ1) is 15.0. The number of nitrogens with one attached hydrogen (secondary N) is 1. The molecule has 2 aromatic heterocycles. The second kappa shape index (κ2) is 8.25. The maximum atomic E-state index is 11.6. The van der Waals surface area contributed by atoms with E-state index < -0.39 is 5.97 Å². The molecular weight excluding hydrogens is 388 g/mol. The third-order valence-electron chi connectivity index (χ3n) is 5.19. The molecule has 4 aromatic rings. The summed E-state index contributed by atoms with van der Waals surface area (Å²) in [6.07, 6.45) is 3.40. The summed E-state index contributed by atoms with van der Waals surface area (Å²) < 4.78 is 0. The number of aromatic carboxylic acids is 1. The van der Waals surface area contributed by atoms with Crippen molar-refractivity contribution in [1.82, 2.24) is 9.97 Å². The van der Waals surface area contributed by atoms with Gasteiger partial charge in [-0.25, -0.2) is 9.78 Å². The van der Waals surface area contributed by atoms with E-state index in [0.717, 1.165) is 27.6 Å². The van der Waals surface area contributed by atoms with E-state index in [4.69, 9.17) is 0 Å². The van der Waals surface area contributed by atoms with Gasteiger partial charge in [-0.3, -0.25) is 4.98 Å². The van der Waals surface area contributed by atoms with Crippen molar-refractivity contribution < 1.29 is 9.90 Å². The van der Waals surface area contributed by atoms with E-state index in [1.54, 1.807) is 36.7 Å². The third-order valence-corrected chi connectivity index (χ3v) is 5.19. The van der Waals surface area contributed by atoms with Crippen LogP contribution in [0.2, 0.25) is 0 Å². The van der Waals surface area contributed by atoms with E-state index >= 15 is 0 Å². The van der Waals surface area contributed by atoms with Gasteiger partial charge in [-0.1, -0.05) is 24.3 Å². The van der Waals surface area contributed by atoms with Crippen molar-refractivity contribution in [2.45, 2.75) is 19.9 Å². The Kier molecular flexibility index (Phi) is 5.33. The Morgan fingerprint density at radius 2 is 1.97 bits per heavy atom. The summed E-state index contributed by atoms with van der Waals surface area (Å²) >= 11 is 0. The van der Waals surface area contributed by atoms with Gasteiger partial charge in [0.15, 0.2) is 0 Å². The Morgan fingerprint density at radius 3 is 2.68 bits per heavy atom. The summed E-state index contributed by atoms with van der Waals surface area (Å²) in [5, 5.41) is 23.4. The van der Waals surface area contributed by atoms with Gasteiger partial charge in [-0.15, -0.1) is 0 Å². The Morgan fingerprint density at radius 1 is 1.16 bits per heavy atom. The van der Waals surface area contributed by atoms with Crippen molar-refractivity contribution in [3.05, 3.63) is 89.4 Å². The fourth-order valence-corrected chi connectivity index (χ4v) is 3.74. The van der Waals surface area contributed by atoms with Crippen LogP contribution >= 0.6 is 0 Å². The molecule has 0 amide bonds. The van der Waals surface area contributed by atoms with E-state index in [0.29, 0.717) is 16.9 Å². The zero-order chi connectivity index (χ0) is 22.0. The van der Waals surface area contributed by atoms with Crippen LogP contribution in [0.1, 0.15) is 40.1 Å². The first-order valence-electron chi connectivity index (χ1n) is 9.82. The van der Waals surface area contributed by atoms with Crippen LogP contribution in [0.4, 0.5) is 5.69 Å². The number of benzene rings is 2. The molecule has 4 rings (SSSR count). The smallest absolute Gasteiger partial charge is 0.337 e. The van der Waals surface area contributed by atoms with Gasteiger partial charge in [-0.05, 0) is 55.3 Å². The highest BCUT2D eigenvalue weighted by molar-refractivity contribution is 5.94. The molecule has 0 saturated carbocycles. The molecule has 6 nitrogen and oxygen atoms in total. The standard InChI is InChI=1S/C25H20N4O2/c1-15-10-19(16(2)28-22-8-4-3-7-18(22)25(30)31)21-12-20(17-6-5-9-27-14-17)24(13-26)29-23(21)11-15/h3-12,14,16,28H,1-2H3,(H,30,31)/t16-/m1/s1. The minimum atomic E-state index is -0.983. The first kappa shape index (κ1) is 20.0. The fraction of sp³-hybridized carbons (Fsp3) is 0.120. The molecule has 2 N–H and O–H groups in total. The van der Waals surface area contributed by atoms with E-state index in [1.165, 1.54) is 0 Å². The molecule has 31 heavy (non-hydrogen) atoms. The van der Waals surface area contributed by atoms with E-state index in [9.17, 15) is 15.2 Å². The predicted octanol–water partition coefficient (Wildman–Crippen LogP) is 5.35. The van der Waals surface area contributed by atoms with Crippen LogP contribution in [0, 0.1) is 18.3 Å². The highest BCUT2D eigenvalue weighted by Gasteiger charge is 2.17. The molecule has 0 aliphatic heterocycles. The lowest BCUT2D eigenvalue weighted by molar-refractivity contribution is 0.0698. The summed E-state index contributed by atoms with van der Waals surface area (Å²) in [6, 6.07) is 18.5. The van der Waals surface area contributed by atoms with Crippen LogP contribution in [0.5, 0.6) is 0 Å².